The number of carbonyl (C=O) groups is 1. The summed E-state index contributed by atoms with van der Waals surface area (Å²) in [6.45, 7) is 4.83. The van der Waals surface area contributed by atoms with E-state index in [-0.39, 0.29) is 11.9 Å². The molecular formula is C13H17F2N5O2. The van der Waals surface area contributed by atoms with Gasteiger partial charge in [0.15, 0.2) is 5.82 Å². The molecule has 2 N–H and O–H groups in total. The first-order valence-electron chi connectivity index (χ1n) is 6.68. The molecule has 2 amide bonds. The molecule has 0 bridgehead atoms. The molecule has 0 aliphatic carbocycles. The monoisotopic (exact) mass is 313 g/mol. The quantitative estimate of drug-likeness (QED) is 0.888. The van der Waals surface area contributed by atoms with Crippen LogP contribution in [0.5, 0.6) is 0 Å². The van der Waals surface area contributed by atoms with Crippen LogP contribution < -0.4 is 10.6 Å². The fraction of sp³-hybridized carbons (Fsp3) is 0.462. The van der Waals surface area contributed by atoms with E-state index >= 15 is 0 Å². The minimum absolute atomic E-state index is 0.198. The van der Waals surface area contributed by atoms with Crippen LogP contribution in [-0.4, -0.2) is 27.4 Å². The van der Waals surface area contributed by atoms with Crippen molar-refractivity contribution in [2.24, 2.45) is 0 Å². The van der Waals surface area contributed by atoms with Gasteiger partial charge in [0.2, 0.25) is 0 Å². The minimum Gasteiger partial charge on any atom is -0.361 e. The van der Waals surface area contributed by atoms with Gasteiger partial charge in [0.25, 0.3) is 6.43 Å². The van der Waals surface area contributed by atoms with Crippen LogP contribution in [0.25, 0.3) is 0 Å². The van der Waals surface area contributed by atoms with Crippen molar-refractivity contribution in [3.8, 4) is 0 Å². The van der Waals surface area contributed by atoms with E-state index in [1.54, 1.807) is 20.8 Å². The van der Waals surface area contributed by atoms with Gasteiger partial charge in [-0.1, -0.05) is 5.16 Å². The highest BCUT2D eigenvalue weighted by Crippen LogP contribution is 2.20. The van der Waals surface area contributed by atoms with E-state index in [1.807, 2.05) is 0 Å². The molecule has 0 spiro atoms. The van der Waals surface area contributed by atoms with E-state index in [9.17, 15) is 13.6 Å². The van der Waals surface area contributed by atoms with Crippen molar-refractivity contribution in [1.29, 1.82) is 0 Å². The van der Waals surface area contributed by atoms with Crippen LogP contribution in [0.15, 0.2) is 16.8 Å². The van der Waals surface area contributed by atoms with Gasteiger partial charge in [0, 0.05) is 17.8 Å². The molecule has 0 radical (unpaired) electrons. The second-order valence-corrected chi connectivity index (χ2v) is 4.87. The third-order valence-corrected chi connectivity index (χ3v) is 3.08. The molecule has 0 unspecified atom stereocenters. The number of hydrogen-bond donors (Lipinski definition) is 2. The topological polar surface area (TPSA) is 85.0 Å². The van der Waals surface area contributed by atoms with Crippen LogP contribution in [-0.2, 0) is 6.54 Å². The van der Waals surface area contributed by atoms with Crippen molar-refractivity contribution < 1.29 is 18.1 Å². The Morgan fingerprint density at radius 1 is 1.45 bits per heavy atom. The number of nitrogens with zero attached hydrogens (tertiary/aromatic N) is 3. The first kappa shape index (κ1) is 15.9. The summed E-state index contributed by atoms with van der Waals surface area (Å²) in [4.78, 5) is 11.9. The lowest BCUT2D eigenvalue weighted by Gasteiger charge is -2.13. The van der Waals surface area contributed by atoms with Crippen molar-refractivity contribution in [1.82, 2.24) is 20.3 Å². The zero-order valence-corrected chi connectivity index (χ0v) is 12.4. The zero-order chi connectivity index (χ0) is 16.3. The van der Waals surface area contributed by atoms with Crippen LogP contribution in [0.2, 0.25) is 0 Å². The second-order valence-electron chi connectivity index (χ2n) is 4.87. The molecule has 0 saturated carbocycles. The molecule has 0 saturated heterocycles. The summed E-state index contributed by atoms with van der Waals surface area (Å²) >= 11 is 0. The zero-order valence-electron chi connectivity index (χ0n) is 12.4. The minimum atomic E-state index is -2.50. The van der Waals surface area contributed by atoms with Gasteiger partial charge in [0.05, 0.1) is 11.7 Å². The number of halogens is 2. The van der Waals surface area contributed by atoms with Crippen molar-refractivity contribution in [3.63, 3.8) is 0 Å². The van der Waals surface area contributed by atoms with E-state index in [1.165, 1.54) is 12.3 Å². The molecule has 7 nitrogen and oxygen atoms in total. The van der Waals surface area contributed by atoms with Crippen molar-refractivity contribution >= 4 is 11.8 Å². The number of aryl methyl sites for hydroxylation is 2. The predicted octanol–water partition coefficient (Wildman–Crippen LogP) is 2.64. The number of nitrogens with one attached hydrogen (secondary N) is 2. The third kappa shape index (κ3) is 3.80. The van der Waals surface area contributed by atoms with Gasteiger partial charge >= 0.3 is 6.03 Å². The summed E-state index contributed by atoms with van der Waals surface area (Å²) in [6, 6.07) is 0.645. The summed E-state index contributed by atoms with van der Waals surface area (Å²) in [7, 11) is 0. The molecule has 1 atom stereocenters. The fourth-order valence-electron chi connectivity index (χ4n) is 2.20. The lowest BCUT2D eigenvalue weighted by Crippen LogP contribution is -2.31. The van der Waals surface area contributed by atoms with Crippen LogP contribution in [0.4, 0.5) is 19.4 Å². The SMILES string of the molecule is Cc1noc(C)c1[C@@H](C)NC(=O)Nc1ccn(CC(F)F)n1. The Morgan fingerprint density at radius 3 is 2.77 bits per heavy atom. The van der Waals surface area contributed by atoms with Gasteiger partial charge in [-0.05, 0) is 20.8 Å². The Balaban J connectivity index is 1.94. The number of anilines is 1. The van der Waals surface area contributed by atoms with Gasteiger partial charge in [-0.2, -0.15) is 5.10 Å². The van der Waals surface area contributed by atoms with E-state index < -0.39 is 19.0 Å². The van der Waals surface area contributed by atoms with Gasteiger partial charge < -0.3 is 9.84 Å². The lowest BCUT2D eigenvalue weighted by molar-refractivity contribution is 0.122. The molecule has 2 heterocycles. The third-order valence-electron chi connectivity index (χ3n) is 3.08. The Hall–Kier alpha value is -2.45. The standard InChI is InChI=1S/C13H17F2N5O2/c1-7(12-8(2)19-22-9(12)3)16-13(21)17-11-4-5-20(18-11)6-10(14)15/h4-5,7,10H,6H2,1-3H3,(H2,16,17,18,21)/t7-/m1/s1. The average molecular weight is 313 g/mol. The lowest BCUT2D eigenvalue weighted by atomic mass is 10.1. The smallest absolute Gasteiger partial charge is 0.320 e. The highest BCUT2D eigenvalue weighted by atomic mass is 19.3. The van der Waals surface area contributed by atoms with Gasteiger partial charge in [-0.15, -0.1) is 0 Å². The first-order valence-corrected chi connectivity index (χ1v) is 6.68. The summed E-state index contributed by atoms with van der Waals surface area (Å²) in [5.74, 6) is 0.829. The molecule has 0 fully saturated rings. The molecular weight excluding hydrogens is 296 g/mol. The molecule has 22 heavy (non-hydrogen) atoms. The van der Waals surface area contributed by atoms with Crippen molar-refractivity contribution in [2.75, 3.05) is 5.32 Å². The molecule has 2 aromatic heterocycles. The maximum Gasteiger partial charge on any atom is 0.320 e. The maximum absolute atomic E-state index is 12.2. The van der Waals surface area contributed by atoms with E-state index in [0.717, 1.165) is 10.2 Å². The summed E-state index contributed by atoms with van der Waals surface area (Å²) in [6.07, 6.45) is -1.12. The highest BCUT2D eigenvalue weighted by molar-refractivity contribution is 5.88. The van der Waals surface area contributed by atoms with Crippen LogP contribution >= 0.6 is 0 Å². The summed E-state index contributed by atoms with van der Waals surface area (Å²) in [5.41, 5.74) is 1.50. The Morgan fingerprint density at radius 2 is 2.18 bits per heavy atom. The highest BCUT2D eigenvalue weighted by Gasteiger charge is 2.18. The largest absolute Gasteiger partial charge is 0.361 e. The van der Waals surface area contributed by atoms with Crippen molar-refractivity contribution in [3.05, 3.63) is 29.3 Å². The van der Waals surface area contributed by atoms with Gasteiger partial charge in [-0.3, -0.25) is 10.00 Å². The summed E-state index contributed by atoms with van der Waals surface area (Å²) in [5, 5.41) is 12.9. The number of amides is 2. The summed E-state index contributed by atoms with van der Waals surface area (Å²) < 4.78 is 30.6. The van der Waals surface area contributed by atoms with E-state index in [2.05, 4.69) is 20.9 Å². The number of aromatic nitrogens is 3. The molecule has 0 aromatic carbocycles. The molecule has 2 aromatic rings. The molecule has 9 heteroatoms. The number of carbonyl (C=O) groups excluding carboxylic acids is 1. The van der Waals surface area contributed by atoms with Crippen LogP contribution in [0.1, 0.15) is 30.0 Å². The van der Waals surface area contributed by atoms with Gasteiger partial charge in [-0.25, -0.2) is 13.6 Å². The van der Waals surface area contributed by atoms with E-state index in [4.69, 9.17) is 4.52 Å². The molecule has 0 aliphatic rings. The predicted molar refractivity (Wildman–Crippen MR) is 74.8 cm³/mol. The van der Waals surface area contributed by atoms with Crippen LogP contribution in [0.3, 0.4) is 0 Å². The Bertz CT molecular complexity index is 633. The molecule has 0 aliphatic heterocycles. The number of rotatable bonds is 5. The van der Waals surface area contributed by atoms with Gasteiger partial charge in [0.1, 0.15) is 12.3 Å². The first-order chi connectivity index (χ1) is 10.4. The maximum atomic E-state index is 12.2. The average Bonchev–Trinajstić information content (AvgIpc) is 2.95. The number of alkyl halides is 2. The van der Waals surface area contributed by atoms with Crippen LogP contribution in [0, 0.1) is 13.8 Å². The Labute approximate surface area is 125 Å². The number of hydrogen-bond acceptors (Lipinski definition) is 4. The van der Waals surface area contributed by atoms with E-state index in [0.29, 0.717) is 11.5 Å². The second kappa shape index (κ2) is 6.54. The Kier molecular flexibility index (Phi) is 4.74. The molecule has 2 rings (SSSR count). The number of urea groups is 1. The molecule has 120 valence electrons. The normalized spacial score (nSPS) is 12.5. The van der Waals surface area contributed by atoms with Crippen molar-refractivity contribution in [2.45, 2.75) is 39.8 Å². The fourth-order valence-corrected chi connectivity index (χ4v) is 2.20.